The molecule has 25 heavy (non-hydrogen) atoms. The predicted octanol–water partition coefficient (Wildman–Crippen LogP) is 3.52. The molecule has 0 heterocycles. The van der Waals surface area contributed by atoms with E-state index in [0.717, 1.165) is 11.4 Å². The second-order valence-corrected chi connectivity index (χ2v) is 4.86. The van der Waals surface area contributed by atoms with Crippen LogP contribution in [0.4, 0.5) is 35.5 Å². The summed E-state index contributed by atoms with van der Waals surface area (Å²) >= 11 is 0. The summed E-state index contributed by atoms with van der Waals surface area (Å²) < 4.78 is 96.4. The molecule has 0 aromatic heterocycles. The van der Waals surface area contributed by atoms with Crippen molar-refractivity contribution in [2.75, 3.05) is 13.2 Å². The van der Waals surface area contributed by atoms with E-state index in [1.54, 1.807) is 0 Å². The number of rotatable bonds is 6. The molecule has 0 bridgehead atoms. The molecular weight excluding hydrogens is 361 g/mol. The van der Waals surface area contributed by atoms with Gasteiger partial charge in [-0.2, -0.15) is 26.3 Å². The van der Waals surface area contributed by atoms with E-state index < -0.39 is 49.5 Å². The normalized spacial score (nSPS) is 12.8. The highest BCUT2D eigenvalue weighted by Gasteiger charge is 2.72. The highest BCUT2D eigenvalue weighted by atomic mass is 19.4. The molecule has 1 amide bonds. The van der Waals surface area contributed by atoms with Crippen LogP contribution >= 0.6 is 0 Å². The zero-order valence-electron chi connectivity index (χ0n) is 12.9. The summed E-state index contributed by atoms with van der Waals surface area (Å²) in [6, 6.07) is 4.95. The van der Waals surface area contributed by atoms with Crippen LogP contribution < -0.4 is 10.6 Å². The summed E-state index contributed by atoms with van der Waals surface area (Å²) in [5, 5.41) is 2.05. The van der Waals surface area contributed by atoms with E-state index in [1.165, 1.54) is 30.4 Å². The number of nitrogens with one attached hydrogen (secondary N) is 2. The lowest BCUT2D eigenvalue weighted by atomic mass is 10.1. The van der Waals surface area contributed by atoms with Crippen molar-refractivity contribution in [2.24, 2.45) is 0 Å². The first-order valence-corrected chi connectivity index (χ1v) is 7.01. The van der Waals surface area contributed by atoms with Gasteiger partial charge in [-0.15, -0.1) is 0 Å². The van der Waals surface area contributed by atoms with Gasteiger partial charge in [0.15, 0.2) is 0 Å². The third-order valence-corrected chi connectivity index (χ3v) is 3.16. The molecule has 1 aromatic carbocycles. The van der Waals surface area contributed by atoms with Gasteiger partial charge in [0, 0.05) is 6.54 Å². The first kappa shape index (κ1) is 21.0. The second kappa shape index (κ2) is 7.89. The van der Waals surface area contributed by atoms with Gasteiger partial charge >= 0.3 is 18.4 Å². The monoisotopic (exact) mass is 376 g/mol. The molecule has 11 heteroatoms. The number of alkyl halides is 6. The van der Waals surface area contributed by atoms with E-state index >= 15 is 0 Å². The van der Waals surface area contributed by atoms with E-state index in [2.05, 4.69) is 4.74 Å². The maximum absolute atomic E-state index is 13.4. The minimum absolute atomic E-state index is 0.0793. The average molecular weight is 376 g/mol. The Kier molecular flexibility index (Phi) is 6.63. The molecule has 4 nitrogen and oxygen atoms in total. The van der Waals surface area contributed by atoms with Crippen LogP contribution in [0, 0.1) is 5.82 Å². The fourth-order valence-electron chi connectivity index (χ4n) is 1.95. The fraction of sp³-hybridized carbons (Fsp3) is 0.500. The molecule has 0 radical (unpaired) electrons. The van der Waals surface area contributed by atoms with Crippen LogP contribution in [-0.2, 0) is 11.2 Å². The third kappa shape index (κ3) is 4.97. The number of benzene rings is 1. The van der Waals surface area contributed by atoms with Crippen molar-refractivity contribution in [3.63, 3.8) is 0 Å². The molecule has 1 rings (SSSR count). The summed E-state index contributed by atoms with van der Waals surface area (Å²) in [7, 11) is 0. The second-order valence-electron chi connectivity index (χ2n) is 4.86. The molecule has 0 spiro atoms. The summed E-state index contributed by atoms with van der Waals surface area (Å²) in [6.45, 7) is -0.118. The number of hydrogen-bond donors (Lipinski definition) is 2. The Morgan fingerprint density at radius 1 is 1.08 bits per heavy atom. The smallest absolute Gasteiger partial charge is 0.434 e. The quantitative estimate of drug-likeness (QED) is 0.590. The minimum atomic E-state index is -5.92. The summed E-state index contributed by atoms with van der Waals surface area (Å²) in [5.74, 6) is -0.771. The molecular formula is C14H15F7N2O2. The Labute approximate surface area is 138 Å². The van der Waals surface area contributed by atoms with Crippen LogP contribution in [-0.4, -0.2) is 37.3 Å². The fourth-order valence-corrected chi connectivity index (χ4v) is 1.95. The SMILES string of the molecule is CCOC(=O)NC(NCCc1ccccc1F)(C(F)(F)F)C(F)(F)F. The lowest BCUT2D eigenvalue weighted by Gasteiger charge is -2.38. The Morgan fingerprint density at radius 3 is 2.12 bits per heavy atom. The number of carbonyl (C=O) groups excluding carboxylic acids is 1. The molecule has 1 aromatic rings. The van der Waals surface area contributed by atoms with Gasteiger partial charge in [-0.25, -0.2) is 9.18 Å². The number of halogens is 7. The Hall–Kier alpha value is -2.04. The Balaban J connectivity index is 3.04. The van der Waals surface area contributed by atoms with Crippen molar-refractivity contribution in [2.45, 2.75) is 31.4 Å². The van der Waals surface area contributed by atoms with E-state index in [-0.39, 0.29) is 5.56 Å². The summed E-state index contributed by atoms with van der Waals surface area (Å²) in [4.78, 5) is 11.2. The van der Waals surface area contributed by atoms with Gasteiger partial charge in [-0.1, -0.05) is 18.2 Å². The van der Waals surface area contributed by atoms with Crippen LogP contribution in [0.25, 0.3) is 0 Å². The zero-order chi connectivity index (χ0) is 19.3. The van der Waals surface area contributed by atoms with Crippen molar-refractivity contribution in [1.82, 2.24) is 10.6 Å². The third-order valence-electron chi connectivity index (χ3n) is 3.16. The van der Waals surface area contributed by atoms with Gasteiger partial charge in [0.05, 0.1) is 6.61 Å². The summed E-state index contributed by atoms with van der Waals surface area (Å²) in [6.07, 6.45) is -14.2. The largest absolute Gasteiger partial charge is 0.450 e. The van der Waals surface area contributed by atoms with Gasteiger partial charge in [0.1, 0.15) is 5.82 Å². The topological polar surface area (TPSA) is 50.4 Å². The van der Waals surface area contributed by atoms with Crippen LogP contribution in [0.3, 0.4) is 0 Å². The van der Waals surface area contributed by atoms with Gasteiger partial charge < -0.3 is 4.74 Å². The van der Waals surface area contributed by atoms with Gasteiger partial charge in [-0.3, -0.25) is 10.6 Å². The van der Waals surface area contributed by atoms with Gasteiger partial charge in [-0.05, 0) is 25.0 Å². The molecule has 0 saturated heterocycles. The van der Waals surface area contributed by atoms with Gasteiger partial charge in [0.2, 0.25) is 0 Å². The van der Waals surface area contributed by atoms with Gasteiger partial charge in [0.25, 0.3) is 5.66 Å². The van der Waals surface area contributed by atoms with Crippen LogP contribution in [0.15, 0.2) is 24.3 Å². The molecule has 2 N–H and O–H groups in total. The van der Waals surface area contributed by atoms with Crippen LogP contribution in [0.2, 0.25) is 0 Å². The van der Waals surface area contributed by atoms with Crippen LogP contribution in [0.1, 0.15) is 12.5 Å². The lowest BCUT2D eigenvalue weighted by Crippen LogP contribution is -2.75. The standard InChI is InChI=1S/C14H15F7N2O2/c1-2-25-11(24)23-12(13(16,17)18,14(19,20)21)22-8-7-9-5-3-4-6-10(9)15/h3-6,22H,2,7-8H2,1H3,(H,23,24). The van der Waals surface area contributed by atoms with Crippen molar-refractivity contribution in [1.29, 1.82) is 0 Å². The number of ether oxygens (including phenoxy) is 1. The van der Waals surface area contributed by atoms with E-state index in [0.29, 0.717) is 0 Å². The maximum atomic E-state index is 13.4. The highest BCUT2D eigenvalue weighted by molar-refractivity contribution is 5.68. The maximum Gasteiger partial charge on any atom is 0.434 e. The molecule has 0 atom stereocenters. The molecule has 0 aliphatic rings. The Bertz CT molecular complexity index is 573. The molecule has 0 unspecified atom stereocenters. The molecule has 0 fully saturated rings. The molecule has 0 saturated carbocycles. The van der Waals surface area contributed by atoms with E-state index in [4.69, 9.17) is 0 Å². The first-order valence-electron chi connectivity index (χ1n) is 7.01. The Morgan fingerprint density at radius 2 is 1.64 bits per heavy atom. The molecule has 0 aliphatic heterocycles. The van der Waals surface area contributed by atoms with Crippen molar-refractivity contribution in [3.8, 4) is 0 Å². The van der Waals surface area contributed by atoms with Crippen molar-refractivity contribution in [3.05, 3.63) is 35.6 Å². The molecule has 0 aliphatic carbocycles. The average Bonchev–Trinajstić information content (AvgIpc) is 2.46. The highest BCUT2D eigenvalue weighted by Crippen LogP contribution is 2.41. The zero-order valence-corrected chi connectivity index (χ0v) is 12.9. The number of amides is 1. The first-order chi connectivity index (χ1) is 11.4. The number of alkyl carbamates (subject to hydrolysis) is 1. The van der Waals surface area contributed by atoms with Crippen molar-refractivity contribution < 1.29 is 40.3 Å². The number of hydrogen-bond acceptors (Lipinski definition) is 3. The lowest BCUT2D eigenvalue weighted by molar-refractivity contribution is -0.315. The van der Waals surface area contributed by atoms with E-state index in [1.807, 2.05) is 0 Å². The molecule has 142 valence electrons. The summed E-state index contributed by atoms with van der Waals surface area (Å²) in [5.41, 5.74) is -4.80. The van der Waals surface area contributed by atoms with Crippen molar-refractivity contribution >= 4 is 6.09 Å². The number of carbonyl (C=O) groups is 1. The van der Waals surface area contributed by atoms with E-state index in [9.17, 15) is 35.5 Å². The van der Waals surface area contributed by atoms with Crippen LogP contribution in [0.5, 0.6) is 0 Å². The minimum Gasteiger partial charge on any atom is -0.450 e. The predicted molar refractivity (Wildman–Crippen MR) is 73.1 cm³/mol.